The maximum Gasteiger partial charge on any atom is 0.0160 e. The molecule has 0 aromatic heterocycles. The highest BCUT2D eigenvalue weighted by Crippen LogP contribution is 2.29. The van der Waals surface area contributed by atoms with Gasteiger partial charge in [0.25, 0.3) is 0 Å². The summed E-state index contributed by atoms with van der Waals surface area (Å²) < 4.78 is 0. The summed E-state index contributed by atoms with van der Waals surface area (Å²) in [6, 6.07) is 0.742. The monoisotopic (exact) mass is 271 g/mol. The van der Waals surface area contributed by atoms with Crippen LogP contribution in [0.15, 0.2) is 0 Å². The molecule has 1 nitrogen and oxygen atoms in total. The Balaban J connectivity index is 2.24. The van der Waals surface area contributed by atoms with Crippen LogP contribution in [0.3, 0.4) is 0 Å². The van der Waals surface area contributed by atoms with E-state index in [1.807, 2.05) is 0 Å². The highest BCUT2D eigenvalue weighted by molar-refractivity contribution is 7.99. The molecule has 0 aliphatic heterocycles. The Kier molecular flexibility index (Phi) is 9.22. The minimum Gasteiger partial charge on any atom is -0.313 e. The van der Waals surface area contributed by atoms with E-state index in [2.05, 4.69) is 37.8 Å². The summed E-state index contributed by atoms with van der Waals surface area (Å²) in [5.74, 6) is 2.20. The van der Waals surface area contributed by atoms with E-state index in [0.29, 0.717) is 0 Å². The van der Waals surface area contributed by atoms with Gasteiger partial charge in [0.1, 0.15) is 0 Å². The minimum absolute atomic E-state index is 0.742. The van der Waals surface area contributed by atoms with Gasteiger partial charge in [-0.15, -0.1) is 0 Å². The van der Waals surface area contributed by atoms with E-state index in [1.54, 1.807) is 0 Å². The van der Waals surface area contributed by atoms with Crippen LogP contribution in [-0.4, -0.2) is 23.6 Å². The van der Waals surface area contributed by atoms with Crippen LogP contribution in [0, 0.1) is 5.92 Å². The van der Waals surface area contributed by atoms with Crippen molar-refractivity contribution in [2.75, 3.05) is 12.3 Å². The average Bonchev–Trinajstić information content (AvgIpc) is 2.42. The summed E-state index contributed by atoms with van der Waals surface area (Å²) in [5, 5.41) is 4.71. The molecule has 0 aromatic carbocycles. The quantitative estimate of drug-likeness (QED) is 0.643. The third-order valence-electron chi connectivity index (χ3n) is 4.15. The molecule has 1 fully saturated rings. The molecular formula is C16H33NS. The van der Waals surface area contributed by atoms with Crippen molar-refractivity contribution in [1.82, 2.24) is 5.32 Å². The van der Waals surface area contributed by atoms with Crippen LogP contribution in [-0.2, 0) is 0 Å². The normalized spacial score (nSPS) is 20.8. The van der Waals surface area contributed by atoms with Gasteiger partial charge in [0.15, 0.2) is 0 Å². The van der Waals surface area contributed by atoms with E-state index in [-0.39, 0.29) is 0 Å². The van der Waals surface area contributed by atoms with Crippen LogP contribution in [0.2, 0.25) is 0 Å². The Morgan fingerprint density at radius 2 is 1.89 bits per heavy atom. The molecule has 0 aromatic rings. The van der Waals surface area contributed by atoms with Crippen molar-refractivity contribution in [3.05, 3.63) is 0 Å². The van der Waals surface area contributed by atoms with E-state index in [0.717, 1.165) is 17.2 Å². The van der Waals surface area contributed by atoms with Crippen molar-refractivity contribution in [1.29, 1.82) is 0 Å². The smallest absolute Gasteiger partial charge is 0.0160 e. The van der Waals surface area contributed by atoms with Crippen LogP contribution in [0.4, 0.5) is 0 Å². The van der Waals surface area contributed by atoms with Crippen LogP contribution in [0.1, 0.15) is 72.1 Å². The van der Waals surface area contributed by atoms with Crippen molar-refractivity contribution in [2.45, 2.75) is 83.4 Å². The van der Waals surface area contributed by atoms with Gasteiger partial charge in [-0.05, 0) is 38.1 Å². The van der Waals surface area contributed by atoms with Gasteiger partial charge in [-0.2, -0.15) is 11.8 Å². The second-order valence-corrected chi connectivity index (χ2v) is 7.33. The second-order valence-electron chi connectivity index (χ2n) is 5.99. The van der Waals surface area contributed by atoms with Crippen molar-refractivity contribution < 1.29 is 0 Å². The molecular weight excluding hydrogens is 238 g/mol. The second kappa shape index (κ2) is 10.1. The highest BCUT2D eigenvalue weighted by Gasteiger charge is 2.17. The van der Waals surface area contributed by atoms with E-state index in [1.165, 1.54) is 63.7 Å². The summed E-state index contributed by atoms with van der Waals surface area (Å²) in [6.07, 6.45) is 11.3. The molecule has 1 N–H and O–H groups in total. The molecule has 18 heavy (non-hydrogen) atoms. The Morgan fingerprint density at radius 3 is 2.50 bits per heavy atom. The van der Waals surface area contributed by atoms with Gasteiger partial charge >= 0.3 is 0 Å². The molecule has 1 rings (SSSR count). The summed E-state index contributed by atoms with van der Waals surface area (Å²) in [7, 11) is 0. The average molecular weight is 272 g/mol. The van der Waals surface area contributed by atoms with Gasteiger partial charge in [0, 0.05) is 17.0 Å². The molecule has 1 saturated carbocycles. The molecule has 0 saturated heterocycles. The Hall–Kier alpha value is 0.310. The van der Waals surface area contributed by atoms with E-state index in [4.69, 9.17) is 0 Å². The van der Waals surface area contributed by atoms with Crippen LogP contribution >= 0.6 is 11.8 Å². The Bertz CT molecular complexity index is 190. The molecule has 0 spiro atoms. The van der Waals surface area contributed by atoms with Gasteiger partial charge in [0.2, 0.25) is 0 Å². The first-order valence-corrected chi connectivity index (χ1v) is 9.16. The van der Waals surface area contributed by atoms with Crippen molar-refractivity contribution >= 4 is 11.8 Å². The van der Waals surface area contributed by atoms with Gasteiger partial charge < -0.3 is 5.32 Å². The van der Waals surface area contributed by atoms with E-state index in [9.17, 15) is 0 Å². The summed E-state index contributed by atoms with van der Waals surface area (Å²) in [4.78, 5) is 0. The first-order chi connectivity index (χ1) is 8.76. The molecule has 0 amide bonds. The van der Waals surface area contributed by atoms with Crippen LogP contribution in [0.5, 0.6) is 0 Å². The first-order valence-electron chi connectivity index (χ1n) is 8.11. The fraction of sp³-hybridized carbons (Fsp3) is 1.00. The minimum atomic E-state index is 0.742. The molecule has 2 atom stereocenters. The van der Waals surface area contributed by atoms with Crippen molar-refractivity contribution in [3.8, 4) is 0 Å². The maximum absolute atomic E-state index is 3.75. The van der Waals surface area contributed by atoms with E-state index >= 15 is 0 Å². The number of rotatable bonds is 9. The molecule has 108 valence electrons. The lowest BCUT2D eigenvalue weighted by Crippen LogP contribution is -2.34. The molecule has 0 heterocycles. The van der Waals surface area contributed by atoms with Gasteiger partial charge in [-0.3, -0.25) is 0 Å². The number of nitrogens with one attached hydrogen (secondary N) is 1. The Labute approximate surface area is 119 Å². The number of hydrogen-bond donors (Lipinski definition) is 1. The molecule has 0 radical (unpaired) electrons. The maximum atomic E-state index is 3.75. The molecule has 0 bridgehead atoms. The molecule has 1 aliphatic rings. The number of hydrogen-bond acceptors (Lipinski definition) is 2. The molecule has 2 unspecified atom stereocenters. The van der Waals surface area contributed by atoms with Crippen LogP contribution < -0.4 is 5.32 Å². The fourth-order valence-corrected chi connectivity index (χ4v) is 4.12. The Morgan fingerprint density at radius 1 is 1.17 bits per heavy atom. The summed E-state index contributed by atoms with van der Waals surface area (Å²) in [5.41, 5.74) is 0. The van der Waals surface area contributed by atoms with Crippen molar-refractivity contribution in [2.24, 2.45) is 5.92 Å². The third kappa shape index (κ3) is 7.04. The SMILES string of the molecule is CCCNC(CSC1CCCCC1)CC(C)CC. The van der Waals surface area contributed by atoms with E-state index < -0.39 is 0 Å². The predicted octanol–water partition coefficient (Wildman–Crippen LogP) is 4.86. The lowest BCUT2D eigenvalue weighted by molar-refractivity contribution is 0.416. The lowest BCUT2D eigenvalue weighted by Gasteiger charge is -2.26. The lowest BCUT2D eigenvalue weighted by atomic mass is 10.00. The van der Waals surface area contributed by atoms with Crippen molar-refractivity contribution in [3.63, 3.8) is 0 Å². The summed E-state index contributed by atoms with van der Waals surface area (Å²) in [6.45, 7) is 8.16. The zero-order valence-electron chi connectivity index (χ0n) is 12.7. The third-order valence-corrected chi connectivity index (χ3v) is 5.69. The largest absolute Gasteiger partial charge is 0.313 e. The fourth-order valence-electron chi connectivity index (χ4n) is 2.70. The standard InChI is InChI=1S/C16H33NS/c1-4-11-17-15(12-14(3)5-2)13-18-16-9-7-6-8-10-16/h14-17H,4-13H2,1-3H3. The topological polar surface area (TPSA) is 12.0 Å². The predicted molar refractivity (Wildman–Crippen MR) is 85.5 cm³/mol. The molecule has 1 aliphatic carbocycles. The zero-order valence-corrected chi connectivity index (χ0v) is 13.5. The molecule has 2 heteroatoms. The number of thioether (sulfide) groups is 1. The highest BCUT2D eigenvalue weighted by atomic mass is 32.2. The first kappa shape index (κ1) is 16.4. The van der Waals surface area contributed by atoms with Crippen LogP contribution in [0.25, 0.3) is 0 Å². The zero-order chi connectivity index (χ0) is 13.2. The summed E-state index contributed by atoms with van der Waals surface area (Å²) >= 11 is 2.25. The van der Waals surface area contributed by atoms with Gasteiger partial charge in [-0.25, -0.2) is 0 Å². The van der Waals surface area contributed by atoms with Gasteiger partial charge in [0.05, 0.1) is 0 Å². The van der Waals surface area contributed by atoms with Gasteiger partial charge in [-0.1, -0.05) is 46.5 Å².